The molecule has 0 radical (unpaired) electrons. The van der Waals surface area contributed by atoms with E-state index < -0.39 is 0 Å². The number of carbonyl (C=O) groups excluding carboxylic acids is 1. The third kappa shape index (κ3) is 4.23. The number of hydrogen-bond acceptors (Lipinski definition) is 5. The highest BCUT2D eigenvalue weighted by Crippen LogP contribution is 2.27. The number of carbonyl (C=O) groups is 1. The van der Waals surface area contributed by atoms with Gasteiger partial charge < -0.3 is 0 Å². The Morgan fingerprint density at radius 3 is 2.58 bits per heavy atom. The molecule has 0 unspecified atom stereocenters. The van der Waals surface area contributed by atoms with Gasteiger partial charge in [-0.25, -0.2) is 14.6 Å². The van der Waals surface area contributed by atoms with Gasteiger partial charge in [-0.1, -0.05) is 48.0 Å². The van der Waals surface area contributed by atoms with Gasteiger partial charge in [-0.05, 0) is 31.5 Å². The third-order valence-corrected chi connectivity index (χ3v) is 5.48. The number of para-hydroxylation sites is 1. The average Bonchev–Trinajstić information content (AvgIpc) is 3.39. The van der Waals surface area contributed by atoms with Crippen molar-refractivity contribution >= 4 is 22.8 Å². The molecule has 3 aromatic heterocycles. The molecule has 164 valence electrons. The Kier molecular flexibility index (Phi) is 5.18. The van der Waals surface area contributed by atoms with Crippen LogP contribution in [0.3, 0.4) is 0 Å². The van der Waals surface area contributed by atoms with Crippen LogP contribution in [0.15, 0.2) is 67.1 Å². The molecule has 1 N–H and O–H groups in total. The van der Waals surface area contributed by atoms with Crippen LogP contribution in [-0.4, -0.2) is 35.4 Å². The average molecular weight is 438 g/mol. The maximum atomic E-state index is 13.3. The van der Waals surface area contributed by atoms with Gasteiger partial charge in [0.05, 0.1) is 29.0 Å². The second-order valence-electron chi connectivity index (χ2n) is 8.08. The van der Waals surface area contributed by atoms with Crippen molar-refractivity contribution < 1.29 is 4.79 Å². The number of rotatable bonds is 5. The van der Waals surface area contributed by atoms with Crippen LogP contribution in [0.5, 0.6) is 0 Å². The molecule has 5 rings (SSSR count). The topological polar surface area (TPSA) is 90.5 Å². The molecule has 8 nitrogen and oxygen atoms in total. The third-order valence-electron chi connectivity index (χ3n) is 5.48. The van der Waals surface area contributed by atoms with Crippen LogP contribution < -0.4 is 5.32 Å². The molecule has 0 aliphatic carbocycles. The molecule has 0 spiro atoms. The van der Waals surface area contributed by atoms with E-state index in [1.165, 1.54) is 5.56 Å². The minimum atomic E-state index is -0.288. The number of hydrogen-bond donors (Lipinski definition) is 1. The molecule has 33 heavy (non-hydrogen) atoms. The normalized spacial score (nSPS) is 11.1. The molecule has 0 saturated carbocycles. The van der Waals surface area contributed by atoms with E-state index in [9.17, 15) is 4.79 Å². The predicted octanol–water partition coefficient (Wildman–Crippen LogP) is 4.14. The van der Waals surface area contributed by atoms with Crippen molar-refractivity contribution in [3.8, 4) is 11.3 Å². The Morgan fingerprint density at radius 2 is 1.82 bits per heavy atom. The van der Waals surface area contributed by atoms with Crippen LogP contribution in [0.1, 0.15) is 27.2 Å². The van der Waals surface area contributed by atoms with Gasteiger partial charge in [-0.3, -0.25) is 14.8 Å². The van der Waals surface area contributed by atoms with Gasteiger partial charge in [0.2, 0.25) is 5.95 Å². The van der Waals surface area contributed by atoms with E-state index in [-0.39, 0.29) is 11.9 Å². The van der Waals surface area contributed by atoms with Crippen molar-refractivity contribution in [3.05, 3.63) is 89.5 Å². The highest BCUT2D eigenvalue weighted by atomic mass is 16.1. The molecular formula is C25H23N7O. The van der Waals surface area contributed by atoms with Crippen LogP contribution in [0.2, 0.25) is 0 Å². The summed E-state index contributed by atoms with van der Waals surface area (Å²) in [6.07, 6.45) is 3.52. The van der Waals surface area contributed by atoms with Crippen molar-refractivity contribution in [3.63, 3.8) is 0 Å². The van der Waals surface area contributed by atoms with E-state index in [4.69, 9.17) is 4.98 Å². The van der Waals surface area contributed by atoms with E-state index in [1.54, 1.807) is 21.8 Å². The van der Waals surface area contributed by atoms with Crippen molar-refractivity contribution in [2.24, 2.45) is 7.05 Å². The van der Waals surface area contributed by atoms with Crippen molar-refractivity contribution in [2.45, 2.75) is 20.4 Å². The standard InChI is InChI=1S/C25H23N7O/c1-16-8-10-18(11-9-16)13-32-15-26-25(30-32)28-24(33)20-12-23(21-14-31(3)29-17(21)2)27-22-7-5-4-6-19(20)22/h4-12,14-15H,13H2,1-3H3,(H,28,30,33). The van der Waals surface area contributed by atoms with Gasteiger partial charge in [-0.2, -0.15) is 5.10 Å². The van der Waals surface area contributed by atoms with Crippen molar-refractivity contribution in [1.29, 1.82) is 0 Å². The number of nitrogens with zero attached hydrogens (tertiary/aromatic N) is 6. The molecule has 2 aromatic carbocycles. The van der Waals surface area contributed by atoms with Crippen LogP contribution in [0.4, 0.5) is 5.95 Å². The number of aromatic nitrogens is 6. The summed E-state index contributed by atoms with van der Waals surface area (Å²) in [6.45, 7) is 4.55. The Morgan fingerprint density at radius 1 is 1.03 bits per heavy atom. The first-order chi connectivity index (χ1) is 16.0. The summed E-state index contributed by atoms with van der Waals surface area (Å²) in [5.74, 6) is -0.0309. The van der Waals surface area contributed by atoms with Gasteiger partial charge in [0, 0.05) is 24.2 Å². The first-order valence-corrected chi connectivity index (χ1v) is 10.6. The summed E-state index contributed by atoms with van der Waals surface area (Å²) in [6, 6.07) is 17.6. The lowest BCUT2D eigenvalue weighted by atomic mass is 10.0. The number of pyridine rings is 1. The first-order valence-electron chi connectivity index (χ1n) is 10.6. The number of amides is 1. The van der Waals surface area contributed by atoms with Crippen LogP contribution in [-0.2, 0) is 13.6 Å². The lowest BCUT2D eigenvalue weighted by Crippen LogP contribution is -2.14. The smallest absolute Gasteiger partial charge is 0.258 e. The number of benzene rings is 2. The van der Waals surface area contributed by atoms with Gasteiger partial charge in [-0.15, -0.1) is 5.10 Å². The Hall–Kier alpha value is -4.33. The van der Waals surface area contributed by atoms with Gasteiger partial charge in [0.1, 0.15) is 6.33 Å². The molecule has 0 saturated heterocycles. The second-order valence-corrected chi connectivity index (χ2v) is 8.08. The fourth-order valence-corrected chi connectivity index (χ4v) is 3.83. The van der Waals surface area contributed by atoms with E-state index in [0.29, 0.717) is 17.8 Å². The molecule has 1 amide bonds. The minimum absolute atomic E-state index is 0.257. The van der Waals surface area contributed by atoms with E-state index in [2.05, 4.69) is 51.7 Å². The zero-order chi connectivity index (χ0) is 22.9. The summed E-state index contributed by atoms with van der Waals surface area (Å²) in [5, 5.41) is 12.4. The number of anilines is 1. The maximum Gasteiger partial charge on any atom is 0.258 e. The molecule has 0 atom stereocenters. The van der Waals surface area contributed by atoms with Crippen molar-refractivity contribution in [2.75, 3.05) is 5.32 Å². The van der Waals surface area contributed by atoms with E-state index in [0.717, 1.165) is 27.7 Å². The summed E-state index contributed by atoms with van der Waals surface area (Å²) < 4.78 is 3.45. The lowest BCUT2D eigenvalue weighted by molar-refractivity contribution is 0.102. The lowest BCUT2D eigenvalue weighted by Gasteiger charge is -2.09. The number of nitrogens with one attached hydrogen (secondary N) is 1. The SMILES string of the molecule is Cc1ccc(Cn2cnc(NC(=O)c3cc(-c4cn(C)nc4C)nc4ccccc34)n2)cc1. The summed E-state index contributed by atoms with van der Waals surface area (Å²) in [5.41, 5.74) is 5.99. The minimum Gasteiger partial charge on any atom is -0.289 e. The van der Waals surface area contributed by atoms with Gasteiger partial charge in [0.25, 0.3) is 5.91 Å². The predicted molar refractivity (Wildman–Crippen MR) is 127 cm³/mol. The molecule has 0 aliphatic heterocycles. The molecule has 8 heteroatoms. The molecular weight excluding hydrogens is 414 g/mol. The fraction of sp³-hybridized carbons (Fsp3) is 0.160. The number of fused-ring (bicyclic) bond motifs is 1. The summed E-state index contributed by atoms with van der Waals surface area (Å²) in [4.78, 5) is 22.3. The monoisotopic (exact) mass is 437 g/mol. The van der Waals surface area contributed by atoms with E-state index in [1.807, 2.05) is 44.4 Å². The van der Waals surface area contributed by atoms with Crippen LogP contribution in [0.25, 0.3) is 22.2 Å². The molecule has 3 heterocycles. The quantitative estimate of drug-likeness (QED) is 0.446. The van der Waals surface area contributed by atoms with Gasteiger partial charge >= 0.3 is 0 Å². The Bertz CT molecular complexity index is 1460. The highest BCUT2D eigenvalue weighted by Gasteiger charge is 2.17. The van der Waals surface area contributed by atoms with Crippen molar-refractivity contribution in [1.82, 2.24) is 29.5 Å². The van der Waals surface area contributed by atoms with Gasteiger partial charge in [0.15, 0.2) is 0 Å². The van der Waals surface area contributed by atoms with E-state index >= 15 is 0 Å². The molecule has 0 bridgehead atoms. The maximum absolute atomic E-state index is 13.3. The second kappa shape index (κ2) is 8.31. The summed E-state index contributed by atoms with van der Waals surface area (Å²) >= 11 is 0. The largest absolute Gasteiger partial charge is 0.289 e. The Balaban J connectivity index is 1.44. The van der Waals surface area contributed by atoms with Crippen LogP contribution >= 0.6 is 0 Å². The number of aryl methyl sites for hydroxylation is 3. The molecule has 0 aliphatic rings. The first kappa shape index (κ1) is 20.6. The zero-order valence-electron chi connectivity index (χ0n) is 18.6. The molecule has 0 fully saturated rings. The van der Waals surface area contributed by atoms with Crippen LogP contribution in [0, 0.1) is 13.8 Å². The summed E-state index contributed by atoms with van der Waals surface area (Å²) in [7, 11) is 1.86. The molecule has 5 aromatic rings. The highest BCUT2D eigenvalue weighted by molar-refractivity contribution is 6.12. The fourth-order valence-electron chi connectivity index (χ4n) is 3.83. The Labute approximate surface area is 190 Å². The zero-order valence-corrected chi connectivity index (χ0v) is 18.6.